The summed E-state index contributed by atoms with van der Waals surface area (Å²) in [7, 11) is -2.41. The van der Waals surface area contributed by atoms with Gasteiger partial charge in [-0.1, -0.05) is 146 Å². The van der Waals surface area contributed by atoms with Crippen LogP contribution < -0.4 is 20.3 Å². The number of ether oxygens (including phenoxy) is 1. The van der Waals surface area contributed by atoms with E-state index in [4.69, 9.17) is 4.74 Å². The highest BCUT2D eigenvalue weighted by molar-refractivity contribution is 7.99. The molecule has 1 unspecified atom stereocenters. The maximum absolute atomic E-state index is 6.48. The monoisotopic (exact) mass is 627 g/mol. The van der Waals surface area contributed by atoms with E-state index in [1.165, 1.54) is 43.4 Å². The first-order valence-electron chi connectivity index (χ1n) is 15.8. The number of hydrogen-bond acceptors (Lipinski definition) is 3. The van der Waals surface area contributed by atoms with Gasteiger partial charge >= 0.3 is 0 Å². The first-order valence-corrected chi connectivity index (χ1v) is 19.1. The van der Waals surface area contributed by atoms with E-state index in [9.17, 15) is 0 Å². The lowest BCUT2D eigenvalue weighted by atomic mass is 9.88. The van der Waals surface area contributed by atoms with Crippen LogP contribution in [0.5, 0.6) is 11.5 Å². The van der Waals surface area contributed by atoms with Gasteiger partial charge in [0.15, 0.2) is 0 Å². The fourth-order valence-corrected chi connectivity index (χ4v) is 11.8. The molecular formula is C42H33NOSSi. The van der Waals surface area contributed by atoms with Gasteiger partial charge in [-0.3, -0.25) is 4.99 Å². The number of benzene rings is 6. The molecule has 0 fully saturated rings. The second kappa shape index (κ2) is 12.1. The van der Waals surface area contributed by atoms with E-state index in [1.807, 2.05) is 12.3 Å². The molecule has 2 nitrogen and oxygen atoms in total. The number of rotatable bonds is 6. The lowest BCUT2D eigenvalue weighted by Crippen LogP contribution is -2.65. The highest BCUT2D eigenvalue weighted by Gasteiger charge is 2.36. The van der Waals surface area contributed by atoms with Crippen molar-refractivity contribution >= 4 is 41.6 Å². The highest BCUT2D eigenvalue weighted by Crippen LogP contribution is 2.52. The molecule has 1 atom stereocenters. The van der Waals surface area contributed by atoms with Gasteiger partial charge in [0.1, 0.15) is 19.6 Å². The predicted molar refractivity (Wildman–Crippen MR) is 196 cm³/mol. The van der Waals surface area contributed by atoms with Crippen molar-refractivity contribution in [3.05, 3.63) is 163 Å². The number of nitrogens with zero attached hydrogens (tertiary/aromatic N) is 1. The first kappa shape index (κ1) is 28.6. The molecule has 0 saturated heterocycles. The molecule has 6 aromatic carbocycles. The van der Waals surface area contributed by atoms with Gasteiger partial charge in [0.25, 0.3) is 0 Å². The van der Waals surface area contributed by atoms with Gasteiger partial charge in [-0.15, -0.1) is 0 Å². The van der Waals surface area contributed by atoms with E-state index in [0.717, 1.165) is 27.7 Å². The molecule has 0 N–H and O–H groups in total. The van der Waals surface area contributed by atoms with E-state index in [1.54, 1.807) is 11.8 Å². The number of allylic oxidation sites excluding steroid dienone is 1. The zero-order valence-electron chi connectivity index (χ0n) is 25.6. The van der Waals surface area contributed by atoms with Gasteiger partial charge in [-0.05, 0) is 68.5 Å². The Labute approximate surface area is 276 Å². The molecule has 0 aromatic heterocycles. The minimum absolute atomic E-state index is 0.241. The lowest BCUT2D eigenvalue weighted by molar-refractivity contribution is 0.455. The molecule has 0 bridgehead atoms. The molecule has 0 aliphatic carbocycles. The summed E-state index contributed by atoms with van der Waals surface area (Å²) in [4.78, 5) is 6.79. The van der Waals surface area contributed by atoms with Crippen molar-refractivity contribution in [1.29, 1.82) is 0 Å². The topological polar surface area (TPSA) is 21.6 Å². The van der Waals surface area contributed by atoms with Crippen molar-refractivity contribution in [1.82, 2.24) is 0 Å². The summed E-state index contributed by atoms with van der Waals surface area (Å²) in [5.74, 6) is 2.06. The van der Waals surface area contributed by atoms with E-state index in [0.29, 0.717) is 0 Å². The minimum Gasteiger partial charge on any atom is -0.455 e. The Morgan fingerprint density at radius 3 is 2.07 bits per heavy atom. The first-order chi connectivity index (χ1) is 22.7. The van der Waals surface area contributed by atoms with Gasteiger partial charge in [-0.25, -0.2) is 0 Å². The molecule has 4 heteroatoms. The van der Waals surface area contributed by atoms with Crippen LogP contribution >= 0.6 is 11.8 Å². The summed E-state index contributed by atoms with van der Waals surface area (Å²) < 4.78 is 6.48. The molecule has 46 heavy (non-hydrogen) atoms. The van der Waals surface area contributed by atoms with Crippen molar-refractivity contribution in [2.24, 2.45) is 4.99 Å². The van der Waals surface area contributed by atoms with Crippen molar-refractivity contribution in [3.63, 3.8) is 0 Å². The third-order valence-corrected chi connectivity index (χ3v) is 15.0. The van der Waals surface area contributed by atoms with Crippen LogP contribution in [-0.4, -0.2) is 14.3 Å². The molecule has 0 amide bonds. The van der Waals surface area contributed by atoms with Crippen LogP contribution in [0.4, 0.5) is 0 Å². The third kappa shape index (κ3) is 5.04. The summed E-state index contributed by atoms with van der Waals surface area (Å²) in [6.07, 6.45) is 7.09. The molecule has 6 aromatic rings. The Morgan fingerprint density at radius 2 is 1.30 bits per heavy atom. The highest BCUT2D eigenvalue weighted by atomic mass is 32.2. The Bertz CT molecular complexity index is 2060. The maximum atomic E-state index is 6.48. The van der Waals surface area contributed by atoms with Crippen molar-refractivity contribution in [2.45, 2.75) is 28.7 Å². The number of fused-ring (bicyclic) bond motifs is 2. The Balaban J connectivity index is 1.37. The molecule has 2 aliphatic heterocycles. The fraction of sp³-hybridized carbons (Fsp3) is 0.0714. The summed E-state index contributed by atoms with van der Waals surface area (Å²) in [5.41, 5.74) is 6.20. The molecule has 0 radical (unpaired) electrons. The maximum Gasteiger partial charge on any atom is 0.146 e. The zero-order valence-corrected chi connectivity index (χ0v) is 27.5. The Morgan fingerprint density at radius 1 is 0.630 bits per heavy atom. The van der Waals surface area contributed by atoms with E-state index in [2.05, 4.69) is 163 Å². The summed E-state index contributed by atoms with van der Waals surface area (Å²) in [6, 6.07) is 53.1. The zero-order chi connectivity index (χ0) is 30.9. The fourth-order valence-electron chi connectivity index (χ4n) is 6.89. The number of hydrogen-bond donors (Lipinski definition) is 0. The standard InChI is InChI=1S/C42H33NOSSi/c1-46(32-15-4-2-5-16-32,33-17-6-3-7-18-33)41-24-11-8-19-35(41)34-26-25-30(31-14-13-27-43-29-31)28-37(34)36-20-12-22-39-42(36)45-40-23-10-9-21-38(40)44-39/h2-13,15-29,31H,14H2,1H3. The average molecular weight is 628 g/mol. The van der Waals surface area contributed by atoms with E-state index in [-0.39, 0.29) is 5.92 Å². The van der Waals surface area contributed by atoms with Crippen LogP contribution in [0, 0.1) is 0 Å². The van der Waals surface area contributed by atoms with Crippen molar-refractivity contribution in [2.75, 3.05) is 0 Å². The molecule has 2 heterocycles. The molecule has 2 aliphatic rings. The lowest BCUT2D eigenvalue weighted by Gasteiger charge is -2.32. The summed E-state index contributed by atoms with van der Waals surface area (Å²) in [5, 5.41) is 4.20. The van der Waals surface area contributed by atoms with Crippen LogP contribution in [0.2, 0.25) is 6.55 Å². The van der Waals surface area contributed by atoms with Gasteiger partial charge in [0.05, 0.1) is 9.79 Å². The van der Waals surface area contributed by atoms with E-state index >= 15 is 0 Å². The Hall–Kier alpha value is -4.90. The molecule has 0 spiro atoms. The molecular weight excluding hydrogens is 595 g/mol. The largest absolute Gasteiger partial charge is 0.455 e. The van der Waals surface area contributed by atoms with Gasteiger partial charge in [-0.2, -0.15) is 0 Å². The summed E-state index contributed by atoms with van der Waals surface area (Å²) in [6.45, 7) is 2.50. The summed E-state index contributed by atoms with van der Waals surface area (Å²) >= 11 is 1.80. The SMILES string of the molecule is C[Si](c1ccccc1)(c1ccccc1)c1ccccc1-c1ccc(C2C=NC=CC2)cc1-c1cccc2c1Sc1ccccc1O2. The minimum atomic E-state index is -2.41. The van der Waals surface area contributed by atoms with Crippen LogP contribution in [0.15, 0.2) is 173 Å². The molecule has 8 rings (SSSR count). The van der Waals surface area contributed by atoms with Crippen LogP contribution in [-0.2, 0) is 0 Å². The Kier molecular flexibility index (Phi) is 7.53. The predicted octanol–water partition coefficient (Wildman–Crippen LogP) is 9.45. The van der Waals surface area contributed by atoms with Gasteiger partial charge in [0, 0.05) is 23.9 Å². The number of para-hydroxylation sites is 1. The average Bonchev–Trinajstić information content (AvgIpc) is 3.14. The molecule has 0 saturated carbocycles. The van der Waals surface area contributed by atoms with Crippen LogP contribution in [0.25, 0.3) is 22.3 Å². The van der Waals surface area contributed by atoms with Gasteiger partial charge < -0.3 is 4.74 Å². The third-order valence-electron chi connectivity index (χ3n) is 9.33. The van der Waals surface area contributed by atoms with Crippen LogP contribution in [0.1, 0.15) is 17.9 Å². The van der Waals surface area contributed by atoms with Crippen molar-refractivity contribution in [3.8, 4) is 33.8 Å². The van der Waals surface area contributed by atoms with Gasteiger partial charge in [0.2, 0.25) is 0 Å². The normalized spacial score (nSPS) is 15.1. The van der Waals surface area contributed by atoms with Crippen LogP contribution in [0.3, 0.4) is 0 Å². The number of aliphatic imine (C=N–C) groups is 1. The smallest absolute Gasteiger partial charge is 0.146 e. The molecule has 222 valence electrons. The quantitative estimate of drug-likeness (QED) is 0.135. The van der Waals surface area contributed by atoms with Crippen molar-refractivity contribution < 1.29 is 4.74 Å². The van der Waals surface area contributed by atoms with E-state index < -0.39 is 8.07 Å². The second-order valence-corrected chi connectivity index (χ2v) is 17.0. The second-order valence-electron chi connectivity index (χ2n) is 12.0.